The van der Waals surface area contributed by atoms with Crippen LogP contribution in [-0.4, -0.2) is 33.0 Å². The number of unbranched alkanes of at least 4 members (excludes halogenated alkanes) is 1. The second-order valence-electron chi connectivity index (χ2n) is 5.79. The van der Waals surface area contributed by atoms with E-state index >= 15 is 0 Å². The maximum Gasteiger partial charge on any atom is 0.284 e. The molecule has 9 heteroatoms. The lowest BCUT2D eigenvalue weighted by molar-refractivity contribution is 0.0183. The van der Waals surface area contributed by atoms with Crippen LogP contribution in [0.2, 0.25) is 18.1 Å². The topological polar surface area (TPSA) is 29.5 Å². The molecule has 0 saturated carbocycles. The minimum Gasteiger partial charge on any atom is -0.420 e. The van der Waals surface area contributed by atoms with Crippen LogP contribution in [0.1, 0.15) is 37.0 Å². The van der Waals surface area contributed by atoms with E-state index in [0.29, 0.717) is 6.42 Å². The van der Waals surface area contributed by atoms with Gasteiger partial charge in [0.1, 0.15) is 0 Å². The van der Waals surface area contributed by atoms with Crippen molar-refractivity contribution in [2.75, 3.05) is 13.7 Å². The van der Waals surface area contributed by atoms with Crippen LogP contribution >= 0.6 is 0 Å². The second kappa shape index (κ2) is 9.28. The largest absolute Gasteiger partial charge is 0.420 e. The van der Waals surface area contributed by atoms with E-state index in [1.165, 1.54) is 0 Å². The Hall–Kier alpha value is -1.48. The van der Waals surface area contributed by atoms with Gasteiger partial charge in [-0.3, -0.25) is 4.79 Å². The molecule has 0 fully saturated rings. The molecule has 3 nitrogen and oxygen atoms in total. The maximum atomic E-state index is 13.9. The highest BCUT2D eigenvalue weighted by Gasteiger charge is 2.29. The number of nitrogens with zero attached hydrogens (tertiary/aromatic N) is 1. The molecule has 0 bridgehead atoms. The lowest BCUT2D eigenvalue weighted by atomic mass is 10.1. The van der Waals surface area contributed by atoms with Crippen molar-refractivity contribution in [3.05, 3.63) is 34.9 Å². The third kappa shape index (κ3) is 5.01. The van der Waals surface area contributed by atoms with Gasteiger partial charge in [0.15, 0.2) is 31.6 Å². The van der Waals surface area contributed by atoms with Gasteiger partial charge < -0.3 is 4.43 Å². The number of hydrogen-bond donors (Lipinski definition) is 0. The Balaban J connectivity index is 2.67. The summed E-state index contributed by atoms with van der Waals surface area (Å²) < 4.78 is 72.1. The molecule has 1 aromatic carbocycles. The lowest BCUT2D eigenvalue weighted by Gasteiger charge is -2.27. The minimum absolute atomic E-state index is 0.152. The Bertz CT molecular complexity index is 602. The zero-order chi connectivity index (χ0) is 19.2. The van der Waals surface area contributed by atoms with Gasteiger partial charge >= 0.3 is 0 Å². The highest BCUT2D eigenvalue weighted by molar-refractivity contribution is 6.73. The molecule has 0 saturated heterocycles. The molecule has 0 aliphatic carbocycles. The Morgan fingerprint density at radius 1 is 1.08 bits per heavy atom. The Kier molecular flexibility index (Phi) is 8.00. The molecular formula is C16H22F5NO2Si. The molecule has 0 aromatic heterocycles. The molecule has 25 heavy (non-hydrogen) atoms. The van der Waals surface area contributed by atoms with Crippen LogP contribution in [0.5, 0.6) is 0 Å². The maximum absolute atomic E-state index is 13.9. The predicted octanol–water partition coefficient (Wildman–Crippen LogP) is 4.98. The van der Waals surface area contributed by atoms with Crippen LogP contribution in [0, 0.1) is 23.3 Å². The zero-order valence-corrected chi connectivity index (χ0v) is 15.5. The number of hydrogen-bond acceptors (Lipinski definition) is 2. The fraction of sp³-hybridized carbons (Fsp3) is 0.562. The monoisotopic (exact) mass is 383 g/mol. The highest BCUT2D eigenvalue weighted by Crippen LogP contribution is 2.24. The molecule has 142 valence electrons. The summed E-state index contributed by atoms with van der Waals surface area (Å²) in [5.74, 6) is -9.39. The number of rotatable bonds is 9. The normalized spacial score (nSPS) is 11.7. The molecule has 1 rings (SSSR count). The Morgan fingerprint density at radius 3 is 2.20 bits per heavy atom. The lowest BCUT2D eigenvalue weighted by Crippen LogP contribution is -2.35. The first kappa shape index (κ1) is 21.6. The van der Waals surface area contributed by atoms with Crippen LogP contribution in [-0.2, 0) is 4.43 Å². The summed E-state index contributed by atoms with van der Waals surface area (Å²) >= 11 is 0. The number of carbonyl (C=O) groups excluding carboxylic acids is 1. The SMILES string of the molecule is CC[Si](CC)(CCCCN(F)C(=O)c1cc(F)c(F)c(F)c1F)OC. The number of amides is 1. The molecule has 0 N–H and O–H groups in total. The van der Waals surface area contributed by atoms with Gasteiger partial charge in [-0.25, -0.2) is 17.6 Å². The van der Waals surface area contributed by atoms with Crippen LogP contribution in [0.3, 0.4) is 0 Å². The van der Waals surface area contributed by atoms with Crippen molar-refractivity contribution >= 4 is 14.2 Å². The van der Waals surface area contributed by atoms with E-state index in [9.17, 15) is 26.8 Å². The van der Waals surface area contributed by atoms with Gasteiger partial charge in [0, 0.05) is 7.11 Å². The number of carbonyl (C=O) groups is 1. The molecule has 0 aliphatic rings. The molecule has 0 aliphatic heterocycles. The molecule has 0 atom stereocenters. The summed E-state index contributed by atoms with van der Waals surface area (Å²) in [5, 5.41) is -0.316. The van der Waals surface area contributed by atoms with Crippen LogP contribution < -0.4 is 0 Å². The number of halogens is 5. The molecule has 1 aromatic rings. The van der Waals surface area contributed by atoms with Gasteiger partial charge in [-0.15, -0.1) is 0 Å². The Labute approximate surface area is 144 Å². The molecular weight excluding hydrogens is 361 g/mol. The number of benzene rings is 1. The van der Waals surface area contributed by atoms with Crippen molar-refractivity contribution in [1.29, 1.82) is 0 Å². The minimum atomic E-state index is -2.14. The van der Waals surface area contributed by atoms with E-state index in [1.54, 1.807) is 7.11 Å². The van der Waals surface area contributed by atoms with Gasteiger partial charge in [-0.1, -0.05) is 24.7 Å². The van der Waals surface area contributed by atoms with Gasteiger partial charge in [0.25, 0.3) is 5.91 Å². The zero-order valence-electron chi connectivity index (χ0n) is 14.5. The standard InChI is InChI=1S/C16H22F5NO2Si/c1-4-25(5-2,24-3)9-7-6-8-22(21)16(23)11-10-12(17)14(19)15(20)13(11)18/h10H,4-9H2,1-3H3. The first-order chi connectivity index (χ1) is 11.7. The third-order valence-corrected chi connectivity index (χ3v) is 9.22. The summed E-state index contributed by atoms with van der Waals surface area (Å²) in [5.41, 5.74) is -1.18. The van der Waals surface area contributed by atoms with E-state index in [2.05, 4.69) is 0 Å². The summed E-state index contributed by atoms with van der Waals surface area (Å²) in [6.45, 7) is 3.70. The summed E-state index contributed by atoms with van der Waals surface area (Å²) in [7, 11) is -0.180. The van der Waals surface area contributed by atoms with E-state index in [4.69, 9.17) is 4.43 Å². The smallest absolute Gasteiger partial charge is 0.284 e. The Morgan fingerprint density at radius 2 is 1.68 bits per heavy atom. The second-order valence-corrected chi connectivity index (χ2v) is 10.5. The van der Waals surface area contributed by atoms with Gasteiger partial charge in [-0.05, 0) is 30.6 Å². The van der Waals surface area contributed by atoms with Crippen molar-refractivity contribution in [2.24, 2.45) is 0 Å². The van der Waals surface area contributed by atoms with Crippen LogP contribution in [0.4, 0.5) is 22.0 Å². The average molecular weight is 383 g/mol. The molecule has 0 radical (unpaired) electrons. The first-order valence-corrected chi connectivity index (χ1v) is 10.6. The summed E-state index contributed by atoms with van der Waals surface area (Å²) in [6, 6.07) is 2.77. The van der Waals surface area contributed by atoms with E-state index in [-0.39, 0.29) is 24.2 Å². The van der Waals surface area contributed by atoms with Crippen molar-refractivity contribution < 1.29 is 31.3 Å². The van der Waals surface area contributed by atoms with Gasteiger partial charge in [0.05, 0.1) is 12.1 Å². The van der Waals surface area contributed by atoms with E-state index in [1.807, 2.05) is 13.8 Å². The quantitative estimate of drug-likeness (QED) is 0.150. The third-order valence-electron chi connectivity index (χ3n) is 4.51. The van der Waals surface area contributed by atoms with Crippen LogP contribution in [0.15, 0.2) is 6.07 Å². The van der Waals surface area contributed by atoms with Gasteiger partial charge in [-0.2, -0.15) is 5.12 Å². The van der Waals surface area contributed by atoms with Crippen LogP contribution in [0.25, 0.3) is 0 Å². The fourth-order valence-corrected chi connectivity index (χ4v) is 5.54. The first-order valence-electron chi connectivity index (χ1n) is 8.08. The van der Waals surface area contributed by atoms with Crippen molar-refractivity contribution in [3.8, 4) is 0 Å². The van der Waals surface area contributed by atoms with E-state index in [0.717, 1.165) is 18.1 Å². The molecule has 0 heterocycles. The van der Waals surface area contributed by atoms with Crippen molar-refractivity contribution in [1.82, 2.24) is 5.12 Å². The highest BCUT2D eigenvalue weighted by atomic mass is 28.4. The van der Waals surface area contributed by atoms with Crippen molar-refractivity contribution in [3.63, 3.8) is 0 Å². The van der Waals surface area contributed by atoms with E-state index < -0.39 is 43.1 Å². The summed E-state index contributed by atoms with van der Waals surface area (Å²) in [6.07, 6.45) is 0.887. The fourth-order valence-electron chi connectivity index (χ4n) is 2.65. The van der Waals surface area contributed by atoms with Crippen molar-refractivity contribution in [2.45, 2.75) is 44.8 Å². The summed E-state index contributed by atoms with van der Waals surface area (Å²) in [4.78, 5) is 11.8. The average Bonchev–Trinajstić information content (AvgIpc) is 2.63. The predicted molar refractivity (Wildman–Crippen MR) is 86.2 cm³/mol. The molecule has 0 unspecified atom stereocenters. The molecule has 0 spiro atoms. The molecule has 1 amide bonds. The van der Waals surface area contributed by atoms with Gasteiger partial charge in [0.2, 0.25) is 0 Å².